The highest BCUT2D eigenvalue weighted by atomic mass is 79.9. The molecule has 0 radical (unpaired) electrons. The van der Waals surface area contributed by atoms with Gasteiger partial charge in [-0.1, -0.05) is 0 Å². The highest BCUT2D eigenvalue weighted by Crippen LogP contribution is 2.27. The van der Waals surface area contributed by atoms with Crippen LogP contribution in [-0.4, -0.2) is 44.9 Å². The Bertz CT molecular complexity index is 560. The van der Waals surface area contributed by atoms with Crippen LogP contribution in [-0.2, 0) is 13.6 Å². The number of hydrogen-bond acceptors (Lipinski definition) is 5. The van der Waals surface area contributed by atoms with Gasteiger partial charge in [0.2, 0.25) is 0 Å². The molecule has 1 unspecified atom stereocenters. The molecule has 0 bridgehead atoms. The summed E-state index contributed by atoms with van der Waals surface area (Å²) in [6.45, 7) is 1.70. The van der Waals surface area contributed by atoms with E-state index in [-0.39, 0.29) is 6.04 Å². The van der Waals surface area contributed by atoms with Gasteiger partial charge in [0.1, 0.15) is 6.04 Å². The number of aryl methyl sites for hydroxylation is 1. The monoisotopic (exact) mass is 341 g/mol. The zero-order chi connectivity index (χ0) is 14.7. The van der Waals surface area contributed by atoms with Crippen LogP contribution in [0, 0.1) is 0 Å². The van der Waals surface area contributed by atoms with Crippen LogP contribution in [0.15, 0.2) is 23.2 Å². The zero-order valence-electron chi connectivity index (χ0n) is 11.9. The standard InChI is InChI=1S/C12H20BrN7/c1-18(2)4-5-20-12(9(13)6-16-20)11(17-14)10-7-15-8-19(10)3/h6-8,11,17H,4-5,14H2,1-3H3. The smallest absolute Gasteiger partial charge is 0.106 e. The summed E-state index contributed by atoms with van der Waals surface area (Å²) in [4.78, 5) is 6.27. The minimum atomic E-state index is -0.165. The Kier molecular flexibility index (Phi) is 4.92. The first-order chi connectivity index (χ1) is 9.54. The summed E-state index contributed by atoms with van der Waals surface area (Å²) in [7, 11) is 6.02. The maximum Gasteiger partial charge on any atom is 0.106 e. The zero-order valence-corrected chi connectivity index (χ0v) is 13.5. The number of halogens is 1. The molecule has 7 nitrogen and oxygen atoms in total. The summed E-state index contributed by atoms with van der Waals surface area (Å²) in [5.74, 6) is 5.75. The van der Waals surface area contributed by atoms with Crippen LogP contribution in [0.4, 0.5) is 0 Å². The number of rotatable bonds is 6. The Hall–Kier alpha value is -1.22. The van der Waals surface area contributed by atoms with Crippen LogP contribution >= 0.6 is 15.9 Å². The Balaban J connectivity index is 2.34. The van der Waals surface area contributed by atoms with Gasteiger partial charge in [0.15, 0.2) is 0 Å². The van der Waals surface area contributed by atoms with Crippen LogP contribution in [0.25, 0.3) is 0 Å². The van der Waals surface area contributed by atoms with Crippen LogP contribution in [0.5, 0.6) is 0 Å². The Morgan fingerprint density at radius 3 is 2.75 bits per heavy atom. The lowest BCUT2D eigenvalue weighted by molar-refractivity contribution is 0.364. The SMILES string of the molecule is CN(C)CCn1ncc(Br)c1C(NN)c1cncn1C. The maximum atomic E-state index is 5.75. The summed E-state index contributed by atoms with van der Waals surface area (Å²) in [5.41, 5.74) is 4.84. The number of nitrogens with two attached hydrogens (primary N) is 1. The third-order valence-electron chi connectivity index (χ3n) is 3.18. The predicted octanol–water partition coefficient (Wildman–Crippen LogP) is 0.493. The fourth-order valence-corrected chi connectivity index (χ4v) is 2.61. The Morgan fingerprint density at radius 1 is 1.45 bits per heavy atom. The topological polar surface area (TPSA) is 76.9 Å². The molecule has 2 rings (SSSR count). The average Bonchev–Trinajstić information content (AvgIpc) is 2.97. The van der Waals surface area contributed by atoms with Crippen molar-refractivity contribution in [1.29, 1.82) is 0 Å². The molecule has 20 heavy (non-hydrogen) atoms. The molecule has 8 heteroatoms. The van der Waals surface area contributed by atoms with Crippen LogP contribution in [0.3, 0.4) is 0 Å². The minimum absolute atomic E-state index is 0.165. The predicted molar refractivity (Wildman–Crippen MR) is 80.9 cm³/mol. The van der Waals surface area contributed by atoms with Gasteiger partial charge in [-0.2, -0.15) is 5.10 Å². The average molecular weight is 342 g/mol. The molecular weight excluding hydrogens is 322 g/mol. The van der Waals surface area contributed by atoms with Gasteiger partial charge >= 0.3 is 0 Å². The lowest BCUT2D eigenvalue weighted by Gasteiger charge is -2.20. The summed E-state index contributed by atoms with van der Waals surface area (Å²) < 4.78 is 4.84. The molecule has 0 fully saturated rings. The third kappa shape index (κ3) is 3.09. The van der Waals surface area contributed by atoms with E-state index >= 15 is 0 Å². The molecule has 0 saturated heterocycles. The van der Waals surface area contributed by atoms with Crippen molar-refractivity contribution < 1.29 is 0 Å². The summed E-state index contributed by atoms with van der Waals surface area (Å²) in [6.07, 6.45) is 5.36. The van der Waals surface area contributed by atoms with Crippen LogP contribution in [0.1, 0.15) is 17.4 Å². The van der Waals surface area contributed by atoms with Crippen molar-refractivity contribution in [2.24, 2.45) is 12.9 Å². The number of aromatic nitrogens is 4. The van der Waals surface area contributed by atoms with E-state index in [0.29, 0.717) is 0 Å². The van der Waals surface area contributed by atoms with Crippen molar-refractivity contribution in [3.8, 4) is 0 Å². The number of nitrogens with one attached hydrogen (secondary N) is 1. The van der Waals surface area contributed by atoms with E-state index < -0.39 is 0 Å². The molecule has 0 saturated carbocycles. The third-order valence-corrected chi connectivity index (χ3v) is 3.79. The molecule has 0 aromatic carbocycles. The lowest BCUT2D eigenvalue weighted by atomic mass is 10.1. The van der Waals surface area contributed by atoms with Crippen molar-refractivity contribution in [3.63, 3.8) is 0 Å². The first kappa shape index (κ1) is 15.2. The molecular formula is C12H20BrN7. The van der Waals surface area contributed by atoms with E-state index in [0.717, 1.165) is 29.0 Å². The minimum Gasteiger partial charge on any atom is -0.336 e. The molecule has 2 aromatic heterocycles. The van der Waals surface area contributed by atoms with E-state index in [1.165, 1.54) is 0 Å². The fourth-order valence-electron chi connectivity index (χ4n) is 2.08. The second-order valence-corrected chi connectivity index (χ2v) is 5.79. The van der Waals surface area contributed by atoms with E-state index in [9.17, 15) is 0 Å². The first-order valence-electron chi connectivity index (χ1n) is 6.33. The molecule has 1 atom stereocenters. The maximum absolute atomic E-state index is 5.75. The number of likely N-dealkylation sites (N-methyl/N-ethyl adjacent to an activating group) is 1. The van der Waals surface area contributed by atoms with Crippen molar-refractivity contribution in [1.82, 2.24) is 29.7 Å². The molecule has 0 aliphatic heterocycles. The van der Waals surface area contributed by atoms with Gasteiger partial charge < -0.3 is 9.47 Å². The van der Waals surface area contributed by atoms with E-state index in [2.05, 4.69) is 36.3 Å². The molecule has 0 spiro atoms. The van der Waals surface area contributed by atoms with E-state index in [1.54, 1.807) is 18.7 Å². The van der Waals surface area contributed by atoms with Crippen molar-refractivity contribution >= 4 is 15.9 Å². The van der Waals surface area contributed by atoms with E-state index in [1.807, 2.05) is 30.4 Å². The normalized spacial score (nSPS) is 13.1. The number of hydrazine groups is 1. The molecule has 0 aliphatic rings. The van der Waals surface area contributed by atoms with Gasteiger partial charge in [-0.25, -0.2) is 10.4 Å². The first-order valence-corrected chi connectivity index (χ1v) is 7.12. The van der Waals surface area contributed by atoms with Gasteiger partial charge in [-0.05, 0) is 30.0 Å². The fraction of sp³-hybridized carbons (Fsp3) is 0.500. The van der Waals surface area contributed by atoms with Crippen molar-refractivity contribution in [2.75, 3.05) is 20.6 Å². The van der Waals surface area contributed by atoms with Gasteiger partial charge in [0.25, 0.3) is 0 Å². The highest BCUT2D eigenvalue weighted by Gasteiger charge is 2.23. The Labute approximate surface area is 126 Å². The highest BCUT2D eigenvalue weighted by molar-refractivity contribution is 9.10. The van der Waals surface area contributed by atoms with Crippen molar-refractivity contribution in [2.45, 2.75) is 12.6 Å². The molecule has 0 aliphatic carbocycles. The Morgan fingerprint density at radius 2 is 2.20 bits per heavy atom. The molecule has 3 N–H and O–H groups in total. The second kappa shape index (κ2) is 6.49. The summed E-state index contributed by atoms with van der Waals surface area (Å²) in [6, 6.07) is -0.165. The van der Waals surface area contributed by atoms with Gasteiger partial charge in [-0.15, -0.1) is 0 Å². The number of imidazole rings is 1. The van der Waals surface area contributed by atoms with Gasteiger partial charge in [-0.3, -0.25) is 10.5 Å². The van der Waals surface area contributed by atoms with Gasteiger partial charge in [0, 0.05) is 13.6 Å². The lowest BCUT2D eigenvalue weighted by Crippen LogP contribution is -2.33. The van der Waals surface area contributed by atoms with Gasteiger partial charge in [0.05, 0.1) is 41.1 Å². The number of hydrogen-bond donors (Lipinski definition) is 2. The molecule has 2 heterocycles. The van der Waals surface area contributed by atoms with E-state index in [4.69, 9.17) is 5.84 Å². The second-order valence-electron chi connectivity index (χ2n) is 4.93. The summed E-state index contributed by atoms with van der Waals surface area (Å²) in [5, 5.41) is 4.41. The quantitative estimate of drug-likeness (QED) is 0.590. The van der Waals surface area contributed by atoms with Crippen LogP contribution in [0.2, 0.25) is 0 Å². The van der Waals surface area contributed by atoms with Crippen molar-refractivity contribution in [3.05, 3.63) is 34.6 Å². The largest absolute Gasteiger partial charge is 0.336 e. The molecule has 0 amide bonds. The summed E-state index contributed by atoms with van der Waals surface area (Å²) >= 11 is 3.55. The molecule has 110 valence electrons. The van der Waals surface area contributed by atoms with Crippen LogP contribution < -0.4 is 11.3 Å². The molecule has 2 aromatic rings. The number of nitrogens with zero attached hydrogens (tertiary/aromatic N) is 5.